The van der Waals surface area contributed by atoms with Crippen molar-refractivity contribution in [2.45, 2.75) is 44.2 Å². The van der Waals surface area contributed by atoms with Crippen LogP contribution in [0.3, 0.4) is 0 Å². The van der Waals surface area contributed by atoms with Gasteiger partial charge in [0.05, 0.1) is 0 Å². The standard InChI is InChI=1S/C10H18FN/c11-10(5-6-12-8-10)7-9-3-1-2-4-9/h9,12H,1-8H2. The van der Waals surface area contributed by atoms with Gasteiger partial charge in [-0.1, -0.05) is 25.7 Å². The van der Waals surface area contributed by atoms with E-state index in [-0.39, 0.29) is 0 Å². The minimum Gasteiger partial charge on any atom is -0.313 e. The summed E-state index contributed by atoms with van der Waals surface area (Å²) >= 11 is 0. The third-order valence-corrected chi connectivity index (χ3v) is 3.32. The van der Waals surface area contributed by atoms with Gasteiger partial charge in [0, 0.05) is 6.54 Å². The van der Waals surface area contributed by atoms with Gasteiger partial charge >= 0.3 is 0 Å². The molecule has 1 atom stereocenters. The van der Waals surface area contributed by atoms with Crippen LogP contribution in [0.2, 0.25) is 0 Å². The lowest BCUT2D eigenvalue weighted by Crippen LogP contribution is -2.28. The first-order valence-corrected chi connectivity index (χ1v) is 5.18. The lowest BCUT2D eigenvalue weighted by atomic mass is 9.90. The first kappa shape index (κ1) is 8.49. The lowest BCUT2D eigenvalue weighted by molar-refractivity contribution is 0.147. The Morgan fingerprint density at radius 2 is 2.08 bits per heavy atom. The van der Waals surface area contributed by atoms with Crippen LogP contribution in [-0.2, 0) is 0 Å². The quantitative estimate of drug-likeness (QED) is 0.672. The van der Waals surface area contributed by atoms with E-state index >= 15 is 0 Å². The number of hydrogen-bond acceptors (Lipinski definition) is 1. The number of nitrogens with one attached hydrogen (secondary N) is 1. The van der Waals surface area contributed by atoms with Gasteiger partial charge in [0.25, 0.3) is 0 Å². The Labute approximate surface area is 73.7 Å². The SMILES string of the molecule is FC1(CC2CCCC2)CCNC1. The summed E-state index contributed by atoms with van der Waals surface area (Å²) in [6, 6.07) is 0. The van der Waals surface area contributed by atoms with E-state index in [0.717, 1.165) is 19.4 Å². The topological polar surface area (TPSA) is 12.0 Å². The number of hydrogen-bond donors (Lipinski definition) is 1. The van der Waals surface area contributed by atoms with Crippen molar-refractivity contribution in [2.75, 3.05) is 13.1 Å². The van der Waals surface area contributed by atoms with E-state index in [1.54, 1.807) is 0 Å². The zero-order valence-electron chi connectivity index (χ0n) is 7.61. The molecule has 12 heavy (non-hydrogen) atoms. The van der Waals surface area contributed by atoms with Crippen molar-refractivity contribution in [1.29, 1.82) is 0 Å². The Bertz CT molecular complexity index is 146. The average Bonchev–Trinajstić information content (AvgIpc) is 2.62. The molecule has 0 spiro atoms. The highest BCUT2D eigenvalue weighted by molar-refractivity contribution is 4.90. The minimum atomic E-state index is -0.852. The third kappa shape index (κ3) is 1.79. The monoisotopic (exact) mass is 171 g/mol. The molecule has 0 bridgehead atoms. The van der Waals surface area contributed by atoms with Crippen LogP contribution in [0.25, 0.3) is 0 Å². The van der Waals surface area contributed by atoms with Gasteiger partial charge in [-0.3, -0.25) is 0 Å². The number of alkyl halides is 1. The fraction of sp³-hybridized carbons (Fsp3) is 1.00. The van der Waals surface area contributed by atoms with E-state index in [1.165, 1.54) is 25.7 Å². The fourth-order valence-corrected chi connectivity index (χ4v) is 2.62. The van der Waals surface area contributed by atoms with Crippen molar-refractivity contribution in [1.82, 2.24) is 5.32 Å². The molecule has 0 aromatic carbocycles. The van der Waals surface area contributed by atoms with Gasteiger partial charge in [-0.25, -0.2) is 4.39 Å². The second-order valence-electron chi connectivity index (χ2n) is 4.43. The number of halogens is 1. The maximum atomic E-state index is 13.9. The molecule has 1 nitrogen and oxygen atoms in total. The van der Waals surface area contributed by atoms with Gasteiger partial charge in [0.2, 0.25) is 0 Å². The normalized spacial score (nSPS) is 37.8. The molecule has 1 aliphatic heterocycles. The van der Waals surface area contributed by atoms with Crippen LogP contribution < -0.4 is 5.32 Å². The van der Waals surface area contributed by atoms with Crippen molar-refractivity contribution in [3.63, 3.8) is 0 Å². The Morgan fingerprint density at radius 3 is 2.67 bits per heavy atom. The molecule has 1 saturated carbocycles. The Balaban J connectivity index is 1.83. The highest BCUT2D eigenvalue weighted by atomic mass is 19.1. The molecule has 0 aromatic heterocycles. The van der Waals surface area contributed by atoms with Crippen LogP contribution in [0.5, 0.6) is 0 Å². The van der Waals surface area contributed by atoms with Crippen molar-refractivity contribution in [2.24, 2.45) is 5.92 Å². The summed E-state index contributed by atoms with van der Waals surface area (Å²) in [6.07, 6.45) is 6.75. The summed E-state index contributed by atoms with van der Waals surface area (Å²) in [7, 11) is 0. The summed E-state index contributed by atoms with van der Waals surface area (Å²) in [6.45, 7) is 1.48. The van der Waals surface area contributed by atoms with Crippen LogP contribution in [0.1, 0.15) is 38.5 Å². The molecule has 0 radical (unpaired) electrons. The van der Waals surface area contributed by atoms with Gasteiger partial charge in [0.1, 0.15) is 5.67 Å². The van der Waals surface area contributed by atoms with Gasteiger partial charge in [-0.2, -0.15) is 0 Å². The molecular formula is C10H18FN. The van der Waals surface area contributed by atoms with Gasteiger partial charge in [-0.05, 0) is 25.3 Å². The molecule has 2 heteroatoms. The molecule has 1 heterocycles. The van der Waals surface area contributed by atoms with E-state index in [1.807, 2.05) is 0 Å². The van der Waals surface area contributed by atoms with Crippen molar-refractivity contribution >= 4 is 0 Å². The van der Waals surface area contributed by atoms with E-state index < -0.39 is 5.67 Å². The predicted octanol–water partition coefficient (Wildman–Crippen LogP) is 2.27. The Hall–Kier alpha value is -0.110. The molecule has 0 amide bonds. The molecule has 1 N–H and O–H groups in total. The molecule has 2 aliphatic rings. The summed E-state index contributed by atoms with van der Waals surface area (Å²) in [5, 5.41) is 3.11. The summed E-state index contributed by atoms with van der Waals surface area (Å²) in [5.41, 5.74) is -0.852. The van der Waals surface area contributed by atoms with Crippen LogP contribution in [0, 0.1) is 5.92 Å². The lowest BCUT2D eigenvalue weighted by Gasteiger charge is -2.21. The zero-order valence-corrected chi connectivity index (χ0v) is 7.61. The molecule has 1 saturated heterocycles. The average molecular weight is 171 g/mol. The maximum Gasteiger partial charge on any atom is 0.124 e. The van der Waals surface area contributed by atoms with E-state index in [9.17, 15) is 4.39 Å². The van der Waals surface area contributed by atoms with Crippen LogP contribution in [0.4, 0.5) is 4.39 Å². The highest BCUT2D eigenvalue weighted by Gasteiger charge is 2.36. The van der Waals surface area contributed by atoms with Crippen LogP contribution in [-0.4, -0.2) is 18.8 Å². The summed E-state index contributed by atoms with van der Waals surface area (Å²) in [4.78, 5) is 0. The number of rotatable bonds is 2. The second kappa shape index (κ2) is 3.33. The van der Waals surface area contributed by atoms with Gasteiger partial charge in [-0.15, -0.1) is 0 Å². The van der Waals surface area contributed by atoms with Crippen molar-refractivity contribution in [3.8, 4) is 0 Å². The largest absolute Gasteiger partial charge is 0.313 e. The third-order valence-electron chi connectivity index (χ3n) is 3.32. The van der Waals surface area contributed by atoms with Gasteiger partial charge < -0.3 is 5.32 Å². The molecule has 1 aliphatic carbocycles. The molecule has 1 unspecified atom stereocenters. The second-order valence-corrected chi connectivity index (χ2v) is 4.43. The first-order chi connectivity index (χ1) is 5.79. The molecule has 0 aromatic rings. The molecule has 2 rings (SSSR count). The van der Waals surface area contributed by atoms with E-state index in [2.05, 4.69) is 5.32 Å². The Morgan fingerprint density at radius 1 is 1.33 bits per heavy atom. The first-order valence-electron chi connectivity index (χ1n) is 5.18. The molecular weight excluding hydrogens is 153 g/mol. The van der Waals surface area contributed by atoms with Crippen LogP contribution in [0.15, 0.2) is 0 Å². The van der Waals surface area contributed by atoms with Crippen molar-refractivity contribution < 1.29 is 4.39 Å². The predicted molar refractivity (Wildman–Crippen MR) is 47.9 cm³/mol. The summed E-state index contributed by atoms with van der Waals surface area (Å²) in [5.74, 6) is 0.690. The maximum absolute atomic E-state index is 13.9. The van der Waals surface area contributed by atoms with E-state index in [0.29, 0.717) is 12.5 Å². The van der Waals surface area contributed by atoms with Crippen molar-refractivity contribution in [3.05, 3.63) is 0 Å². The minimum absolute atomic E-state index is 0.601. The summed E-state index contributed by atoms with van der Waals surface area (Å²) < 4.78 is 13.9. The van der Waals surface area contributed by atoms with Crippen LogP contribution >= 0.6 is 0 Å². The fourth-order valence-electron chi connectivity index (χ4n) is 2.62. The Kier molecular flexibility index (Phi) is 2.35. The molecule has 70 valence electrons. The van der Waals surface area contributed by atoms with Gasteiger partial charge in [0.15, 0.2) is 0 Å². The smallest absolute Gasteiger partial charge is 0.124 e. The molecule has 2 fully saturated rings. The zero-order chi connectivity index (χ0) is 8.44. The van der Waals surface area contributed by atoms with E-state index in [4.69, 9.17) is 0 Å². The highest BCUT2D eigenvalue weighted by Crippen LogP contribution is 2.36.